The first-order valence-electron chi connectivity index (χ1n) is 10.1. The molecule has 1 fully saturated rings. The lowest BCUT2D eigenvalue weighted by Crippen LogP contribution is -2.36. The van der Waals surface area contributed by atoms with Crippen LogP contribution < -0.4 is 4.90 Å². The van der Waals surface area contributed by atoms with Crippen LogP contribution in [0.2, 0.25) is 0 Å². The number of pyridine rings is 3. The first kappa shape index (κ1) is 19.3. The highest BCUT2D eigenvalue weighted by Gasteiger charge is 2.16. The minimum Gasteiger partial charge on any atom is -0.378 e. The van der Waals surface area contributed by atoms with Crippen LogP contribution in [0.3, 0.4) is 0 Å². The molecule has 0 unspecified atom stereocenters. The Labute approximate surface area is 178 Å². The SMILES string of the molecule is Cn1cc(-c2ccc3cnc(CC(=O)c4ccnc(N5CCOCC5)c4)cc3n2)nn1. The molecule has 9 nitrogen and oxygen atoms in total. The van der Waals surface area contributed by atoms with Gasteiger partial charge < -0.3 is 9.64 Å². The second-order valence-electron chi connectivity index (χ2n) is 7.44. The van der Waals surface area contributed by atoms with Gasteiger partial charge in [0, 0.05) is 43.5 Å². The third-order valence-corrected chi connectivity index (χ3v) is 5.24. The average Bonchev–Trinajstić information content (AvgIpc) is 3.25. The van der Waals surface area contributed by atoms with Crippen molar-refractivity contribution in [3.8, 4) is 11.4 Å². The zero-order valence-electron chi connectivity index (χ0n) is 17.1. The zero-order chi connectivity index (χ0) is 21.2. The summed E-state index contributed by atoms with van der Waals surface area (Å²) in [7, 11) is 1.81. The van der Waals surface area contributed by atoms with E-state index >= 15 is 0 Å². The molecule has 31 heavy (non-hydrogen) atoms. The minimum absolute atomic E-state index is 0.00570. The van der Waals surface area contributed by atoms with E-state index < -0.39 is 0 Å². The summed E-state index contributed by atoms with van der Waals surface area (Å²) in [5.41, 5.74) is 3.50. The van der Waals surface area contributed by atoms with Crippen molar-refractivity contribution in [1.29, 1.82) is 0 Å². The van der Waals surface area contributed by atoms with Crippen molar-refractivity contribution >= 4 is 22.5 Å². The van der Waals surface area contributed by atoms with Crippen LogP contribution >= 0.6 is 0 Å². The Kier molecular flexibility index (Phi) is 5.09. The van der Waals surface area contributed by atoms with Crippen LogP contribution in [0, 0.1) is 0 Å². The summed E-state index contributed by atoms with van der Waals surface area (Å²) in [5, 5.41) is 8.98. The van der Waals surface area contributed by atoms with Crippen LogP contribution in [-0.4, -0.2) is 62.0 Å². The summed E-state index contributed by atoms with van der Waals surface area (Å²) in [5.74, 6) is 0.796. The first-order chi connectivity index (χ1) is 15.2. The zero-order valence-corrected chi connectivity index (χ0v) is 17.1. The molecule has 5 rings (SSSR count). The van der Waals surface area contributed by atoms with Crippen LogP contribution in [0.25, 0.3) is 22.3 Å². The number of hydrogen-bond donors (Lipinski definition) is 0. The van der Waals surface area contributed by atoms with Crippen LogP contribution in [0.4, 0.5) is 5.82 Å². The van der Waals surface area contributed by atoms with Gasteiger partial charge in [-0.2, -0.15) is 0 Å². The molecule has 9 heteroatoms. The van der Waals surface area contributed by atoms with Gasteiger partial charge in [0.25, 0.3) is 0 Å². The van der Waals surface area contributed by atoms with Gasteiger partial charge in [-0.25, -0.2) is 9.97 Å². The summed E-state index contributed by atoms with van der Waals surface area (Å²) in [6.07, 6.45) is 5.44. The Morgan fingerprint density at radius 1 is 1.10 bits per heavy atom. The number of aryl methyl sites for hydroxylation is 1. The molecule has 0 N–H and O–H groups in total. The maximum atomic E-state index is 12.9. The van der Waals surface area contributed by atoms with E-state index in [0.29, 0.717) is 30.2 Å². The number of aromatic nitrogens is 6. The predicted octanol–water partition coefficient (Wildman–Crippen LogP) is 2.08. The summed E-state index contributed by atoms with van der Waals surface area (Å²) < 4.78 is 7.03. The smallest absolute Gasteiger partial charge is 0.169 e. The highest BCUT2D eigenvalue weighted by molar-refractivity contribution is 5.98. The summed E-state index contributed by atoms with van der Waals surface area (Å²) in [4.78, 5) is 28.6. The standard InChI is InChI=1S/C22H21N7O2/c1-28-14-20(26-27-28)18-3-2-16-13-24-17(11-19(16)25-18)12-21(30)15-4-5-23-22(10-15)29-6-8-31-9-7-29/h2-5,10-11,13-14H,6-9,12H2,1H3. The number of anilines is 1. The Balaban J connectivity index is 1.37. The third-order valence-electron chi connectivity index (χ3n) is 5.24. The van der Waals surface area contributed by atoms with Gasteiger partial charge in [-0.05, 0) is 30.3 Å². The predicted molar refractivity (Wildman–Crippen MR) is 115 cm³/mol. The van der Waals surface area contributed by atoms with Crippen LogP contribution in [0.1, 0.15) is 16.1 Å². The number of carbonyl (C=O) groups excluding carboxylic acids is 1. The van der Waals surface area contributed by atoms with Crippen molar-refractivity contribution in [3.05, 3.63) is 60.2 Å². The molecular weight excluding hydrogens is 394 g/mol. The number of fused-ring (bicyclic) bond motifs is 1. The molecule has 156 valence electrons. The van der Waals surface area contributed by atoms with E-state index in [1.165, 1.54) is 0 Å². The van der Waals surface area contributed by atoms with Crippen LogP contribution in [-0.2, 0) is 18.2 Å². The van der Waals surface area contributed by atoms with Gasteiger partial charge in [0.05, 0.1) is 42.7 Å². The summed E-state index contributed by atoms with van der Waals surface area (Å²) in [6, 6.07) is 9.29. The van der Waals surface area contributed by atoms with Crippen LogP contribution in [0.15, 0.2) is 48.9 Å². The molecule has 0 atom stereocenters. The van der Waals surface area contributed by atoms with Gasteiger partial charge in [0.15, 0.2) is 5.78 Å². The fourth-order valence-corrected chi connectivity index (χ4v) is 3.59. The van der Waals surface area contributed by atoms with Gasteiger partial charge in [-0.15, -0.1) is 5.10 Å². The number of carbonyl (C=O) groups is 1. The minimum atomic E-state index is -0.00570. The van der Waals surface area contributed by atoms with Gasteiger partial charge >= 0.3 is 0 Å². The molecule has 1 aliphatic heterocycles. The van der Waals surface area contributed by atoms with E-state index in [1.807, 2.05) is 37.5 Å². The lowest BCUT2D eigenvalue weighted by molar-refractivity contribution is 0.0992. The number of ketones is 1. The number of hydrogen-bond acceptors (Lipinski definition) is 8. The molecule has 0 aromatic carbocycles. The highest BCUT2D eigenvalue weighted by atomic mass is 16.5. The van der Waals surface area contributed by atoms with Gasteiger partial charge in [-0.3, -0.25) is 14.5 Å². The monoisotopic (exact) mass is 415 g/mol. The average molecular weight is 415 g/mol. The van der Waals surface area contributed by atoms with Crippen molar-refractivity contribution in [2.75, 3.05) is 31.2 Å². The second kappa shape index (κ2) is 8.19. The summed E-state index contributed by atoms with van der Waals surface area (Å²) >= 11 is 0. The number of morpholine rings is 1. The molecule has 5 heterocycles. The molecule has 1 aliphatic rings. The fourth-order valence-electron chi connectivity index (χ4n) is 3.59. The van der Waals surface area contributed by atoms with Crippen molar-refractivity contribution < 1.29 is 9.53 Å². The largest absolute Gasteiger partial charge is 0.378 e. The van der Waals surface area contributed by atoms with Gasteiger partial charge in [0.2, 0.25) is 0 Å². The molecular formula is C22H21N7O2. The molecule has 0 aliphatic carbocycles. The van der Waals surface area contributed by atoms with Crippen molar-refractivity contribution in [1.82, 2.24) is 29.9 Å². The topological polar surface area (TPSA) is 98.9 Å². The normalized spacial score (nSPS) is 14.2. The molecule has 0 amide bonds. The van der Waals surface area contributed by atoms with Gasteiger partial charge in [-0.1, -0.05) is 5.21 Å². The van der Waals surface area contributed by atoms with E-state index in [2.05, 4.69) is 30.2 Å². The fraction of sp³-hybridized carbons (Fsp3) is 0.273. The maximum Gasteiger partial charge on any atom is 0.169 e. The van der Waals surface area contributed by atoms with Crippen molar-refractivity contribution in [3.63, 3.8) is 0 Å². The Hall–Kier alpha value is -3.72. The van der Waals surface area contributed by atoms with E-state index in [4.69, 9.17) is 4.74 Å². The lowest BCUT2D eigenvalue weighted by atomic mass is 10.1. The first-order valence-corrected chi connectivity index (χ1v) is 10.1. The van der Waals surface area contributed by atoms with Crippen molar-refractivity contribution in [2.45, 2.75) is 6.42 Å². The third kappa shape index (κ3) is 4.13. The molecule has 0 radical (unpaired) electrons. The van der Waals surface area contributed by atoms with E-state index in [9.17, 15) is 4.79 Å². The lowest BCUT2D eigenvalue weighted by Gasteiger charge is -2.27. The van der Waals surface area contributed by atoms with E-state index in [0.717, 1.165) is 35.5 Å². The summed E-state index contributed by atoms with van der Waals surface area (Å²) in [6.45, 7) is 2.89. The molecule has 1 saturated heterocycles. The molecule has 0 bridgehead atoms. The molecule has 4 aromatic rings. The van der Waals surface area contributed by atoms with E-state index in [-0.39, 0.29) is 12.2 Å². The maximum absolute atomic E-state index is 12.9. The number of rotatable bonds is 5. The number of ether oxygens (including phenoxy) is 1. The quantitative estimate of drug-likeness (QED) is 0.457. The number of Topliss-reactive ketones (excluding diaryl/α,β-unsaturated/α-hetero) is 1. The Bertz CT molecular complexity index is 1250. The highest BCUT2D eigenvalue weighted by Crippen LogP contribution is 2.20. The van der Waals surface area contributed by atoms with Crippen molar-refractivity contribution in [2.24, 2.45) is 7.05 Å². The Morgan fingerprint density at radius 3 is 2.77 bits per heavy atom. The molecule has 0 spiro atoms. The van der Waals surface area contributed by atoms with E-state index in [1.54, 1.807) is 23.1 Å². The molecule has 0 saturated carbocycles. The van der Waals surface area contributed by atoms with Gasteiger partial charge in [0.1, 0.15) is 11.5 Å². The van der Waals surface area contributed by atoms with Crippen LogP contribution in [0.5, 0.6) is 0 Å². The molecule has 4 aromatic heterocycles. The number of nitrogens with zero attached hydrogens (tertiary/aromatic N) is 7. The Morgan fingerprint density at radius 2 is 1.97 bits per heavy atom. The second-order valence-corrected chi connectivity index (χ2v) is 7.44.